The summed E-state index contributed by atoms with van der Waals surface area (Å²) in [6, 6.07) is 1.20. The van der Waals surface area contributed by atoms with Crippen LogP contribution >= 0.6 is 0 Å². The summed E-state index contributed by atoms with van der Waals surface area (Å²) >= 11 is 0. The van der Waals surface area contributed by atoms with Crippen molar-refractivity contribution in [3.63, 3.8) is 0 Å². The van der Waals surface area contributed by atoms with Crippen LogP contribution in [0.2, 0.25) is 0 Å². The molecule has 1 unspecified atom stereocenters. The van der Waals surface area contributed by atoms with Gasteiger partial charge in [-0.15, -0.1) is 0 Å². The van der Waals surface area contributed by atoms with Crippen molar-refractivity contribution in [2.24, 2.45) is 11.7 Å². The van der Waals surface area contributed by atoms with Crippen LogP contribution in [0, 0.1) is 5.92 Å². The monoisotopic (exact) mass is 498 g/mol. The molecule has 36 heavy (non-hydrogen) atoms. The fraction of sp³-hybridized carbons (Fsp3) is 0.815. The van der Waals surface area contributed by atoms with E-state index in [9.17, 15) is 0 Å². The SMILES string of the molecule is CCCOC(CC)C1CCN(Nc2nc(NC3CCC(N)CC3)nc3c2ncn3C2CCCC2)CC1. The Morgan fingerprint density at radius 1 is 1.03 bits per heavy atom. The van der Waals surface area contributed by atoms with E-state index >= 15 is 0 Å². The number of hydrogen-bond donors (Lipinski definition) is 3. The Morgan fingerprint density at radius 2 is 1.78 bits per heavy atom. The van der Waals surface area contributed by atoms with Crippen molar-refractivity contribution in [1.29, 1.82) is 0 Å². The van der Waals surface area contributed by atoms with Gasteiger partial charge in [-0.2, -0.15) is 9.97 Å². The Labute approximate surface area is 215 Å². The number of hydrogen-bond acceptors (Lipinski definition) is 8. The summed E-state index contributed by atoms with van der Waals surface area (Å²) in [5, 5.41) is 5.94. The first-order chi connectivity index (χ1) is 17.6. The van der Waals surface area contributed by atoms with Crippen molar-refractivity contribution in [2.45, 2.75) is 115 Å². The van der Waals surface area contributed by atoms with Crippen LogP contribution in [0.15, 0.2) is 6.33 Å². The van der Waals surface area contributed by atoms with Gasteiger partial charge in [-0.1, -0.05) is 26.7 Å². The molecule has 2 aromatic rings. The molecule has 0 radical (unpaired) electrons. The molecule has 9 nitrogen and oxygen atoms in total. The van der Waals surface area contributed by atoms with Gasteiger partial charge in [-0.3, -0.25) is 0 Å². The molecule has 1 atom stereocenters. The second-order valence-electron chi connectivity index (χ2n) is 11.2. The smallest absolute Gasteiger partial charge is 0.227 e. The maximum Gasteiger partial charge on any atom is 0.227 e. The third kappa shape index (κ3) is 5.94. The lowest BCUT2D eigenvalue weighted by atomic mass is 9.90. The Hall–Kier alpha value is -1.97. The third-order valence-electron chi connectivity index (χ3n) is 8.51. The second kappa shape index (κ2) is 12.0. The van der Waals surface area contributed by atoms with Gasteiger partial charge in [0.05, 0.1) is 12.4 Å². The van der Waals surface area contributed by atoms with E-state index in [1.54, 1.807) is 0 Å². The highest BCUT2D eigenvalue weighted by atomic mass is 16.5. The molecule has 0 amide bonds. The van der Waals surface area contributed by atoms with Crippen LogP contribution in [0.1, 0.15) is 96.9 Å². The van der Waals surface area contributed by atoms with Crippen LogP contribution in [-0.4, -0.2) is 62.4 Å². The zero-order chi connectivity index (χ0) is 24.9. The zero-order valence-electron chi connectivity index (χ0n) is 22.3. The highest BCUT2D eigenvalue weighted by molar-refractivity contribution is 5.84. The normalized spacial score (nSPS) is 25.4. The summed E-state index contributed by atoms with van der Waals surface area (Å²) in [7, 11) is 0. The van der Waals surface area contributed by atoms with Gasteiger partial charge in [-0.05, 0) is 70.1 Å². The maximum atomic E-state index is 6.15. The highest BCUT2D eigenvalue weighted by Crippen LogP contribution is 2.34. The van der Waals surface area contributed by atoms with Crippen molar-refractivity contribution < 1.29 is 4.74 Å². The summed E-state index contributed by atoms with van der Waals surface area (Å²) in [5.74, 6) is 2.15. The summed E-state index contributed by atoms with van der Waals surface area (Å²) in [6.45, 7) is 7.26. The van der Waals surface area contributed by atoms with E-state index in [2.05, 4.69) is 34.2 Å². The third-order valence-corrected chi connectivity index (χ3v) is 8.51. The number of nitrogens with two attached hydrogens (primary N) is 1. The molecule has 3 aliphatic rings. The van der Waals surface area contributed by atoms with Crippen LogP contribution in [0.5, 0.6) is 0 Å². The lowest BCUT2D eigenvalue weighted by molar-refractivity contribution is -0.00890. The number of nitrogens with one attached hydrogen (secondary N) is 2. The maximum absolute atomic E-state index is 6.15. The van der Waals surface area contributed by atoms with E-state index in [4.69, 9.17) is 25.4 Å². The summed E-state index contributed by atoms with van der Waals surface area (Å²) in [5.41, 5.74) is 11.6. The lowest BCUT2D eigenvalue weighted by Crippen LogP contribution is -2.41. The Morgan fingerprint density at radius 3 is 2.47 bits per heavy atom. The van der Waals surface area contributed by atoms with Crippen molar-refractivity contribution in [3.8, 4) is 0 Å². The standard InChI is InChI=1S/C27H46N8O/c1-3-17-36-23(4-2)19-13-15-34(16-14-19)33-25-24-26(35(18-29-24)22-7-5-6-8-22)32-27(31-25)30-21-11-9-20(28)10-12-21/h18-23H,3-17,28H2,1-2H3,(H2,30,31,32,33). The molecule has 0 bridgehead atoms. The Kier molecular flexibility index (Phi) is 8.59. The molecule has 2 aromatic heterocycles. The van der Waals surface area contributed by atoms with E-state index in [-0.39, 0.29) is 0 Å². The molecule has 2 saturated carbocycles. The first-order valence-corrected chi connectivity index (χ1v) is 14.5. The lowest BCUT2D eigenvalue weighted by Gasteiger charge is -2.36. The predicted octanol–water partition coefficient (Wildman–Crippen LogP) is 4.87. The predicted molar refractivity (Wildman–Crippen MR) is 145 cm³/mol. The van der Waals surface area contributed by atoms with Crippen molar-refractivity contribution >= 4 is 22.9 Å². The number of piperidine rings is 1. The molecule has 1 saturated heterocycles. The number of rotatable bonds is 10. The quantitative estimate of drug-likeness (QED) is 0.426. The van der Waals surface area contributed by atoms with Gasteiger partial charge in [0.15, 0.2) is 17.0 Å². The molecule has 3 heterocycles. The van der Waals surface area contributed by atoms with E-state index in [0.29, 0.717) is 36.1 Å². The zero-order valence-corrected chi connectivity index (χ0v) is 22.3. The topological polar surface area (TPSA) is 106 Å². The van der Waals surface area contributed by atoms with Crippen LogP contribution in [-0.2, 0) is 4.74 Å². The van der Waals surface area contributed by atoms with Crippen LogP contribution in [0.3, 0.4) is 0 Å². The number of aromatic nitrogens is 4. The molecule has 5 rings (SSSR count). The highest BCUT2D eigenvalue weighted by Gasteiger charge is 2.28. The molecule has 2 aliphatic carbocycles. The average molecular weight is 499 g/mol. The number of hydrazine groups is 1. The van der Waals surface area contributed by atoms with Gasteiger partial charge in [0.2, 0.25) is 5.95 Å². The minimum Gasteiger partial charge on any atom is -0.378 e. The van der Waals surface area contributed by atoms with Gasteiger partial charge in [0.25, 0.3) is 0 Å². The van der Waals surface area contributed by atoms with E-state index in [1.807, 2.05) is 6.33 Å². The number of fused-ring (bicyclic) bond motifs is 1. The first-order valence-electron chi connectivity index (χ1n) is 14.5. The largest absolute Gasteiger partial charge is 0.378 e. The molecule has 0 aromatic carbocycles. The molecule has 1 aliphatic heterocycles. The second-order valence-corrected chi connectivity index (χ2v) is 11.2. The van der Waals surface area contributed by atoms with Crippen LogP contribution in [0.4, 0.5) is 11.8 Å². The van der Waals surface area contributed by atoms with Gasteiger partial charge in [0.1, 0.15) is 0 Å². The number of imidazole rings is 1. The fourth-order valence-corrected chi connectivity index (χ4v) is 6.34. The number of nitrogens with zero attached hydrogens (tertiary/aromatic N) is 5. The van der Waals surface area contributed by atoms with Crippen LogP contribution in [0.25, 0.3) is 11.2 Å². The number of anilines is 2. The molecule has 3 fully saturated rings. The van der Waals surface area contributed by atoms with E-state index in [1.165, 1.54) is 25.7 Å². The fourth-order valence-electron chi connectivity index (χ4n) is 6.34. The summed E-state index contributed by atoms with van der Waals surface area (Å²) in [6.07, 6.45) is 16.0. The molecular formula is C27H46N8O. The Balaban J connectivity index is 1.32. The van der Waals surface area contributed by atoms with Gasteiger partial charge >= 0.3 is 0 Å². The van der Waals surface area contributed by atoms with Gasteiger partial charge in [-0.25, -0.2) is 9.99 Å². The number of ether oxygens (including phenoxy) is 1. The van der Waals surface area contributed by atoms with Crippen molar-refractivity contribution in [1.82, 2.24) is 24.5 Å². The summed E-state index contributed by atoms with van der Waals surface area (Å²) < 4.78 is 8.44. The van der Waals surface area contributed by atoms with Gasteiger partial charge < -0.3 is 25.8 Å². The Bertz CT molecular complexity index is 958. The van der Waals surface area contributed by atoms with Crippen molar-refractivity contribution in [2.75, 3.05) is 30.4 Å². The minimum atomic E-state index is 0.329. The van der Waals surface area contributed by atoms with Crippen LogP contribution < -0.4 is 16.5 Å². The molecule has 0 spiro atoms. The van der Waals surface area contributed by atoms with Crippen molar-refractivity contribution in [3.05, 3.63) is 6.33 Å². The van der Waals surface area contributed by atoms with E-state index in [0.717, 1.165) is 88.0 Å². The molecule has 9 heteroatoms. The first kappa shape index (κ1) is 25.7. The van der Waals surface area contributed by atoms with Gasteiger partial charge in [0, 0.05) is 37.8 Å². The molecule has 4 N–H and O–H groups in total. The summed E-state index contributed by atoms with van der Waals surface area (Å²) in [4.78, 5) is 14.7. The molecular weight excluding hydrogens is 452 g/mol. The minimum absolute atomic E-state index is 0.329. The molecule has 200 valence electrons. The van der Waals surface area contributed by atoms with E-state index < -0.39 is 0 Å². The average Bonchev–Trinajstić information content (AvgIpc) is 3.57.